The number of hydrogen-bond acceptors (Lipinski definition) is 3. The van der Waals surface area contributed by atoms with Crippen molar-refractivity contribution in [2.45, 2.75) is 177 Å². The van der Waals surface area contributed by atoms with Crippen molar-refractivity contribution in [3.8, 4) is 0 Å². The fraction of sp³-hybridized carbons (Fsp3) is 1.00. The fourth-order valence-corrected chi connectivity index (χ4v) is 16.6. The molecule has 1 aliphatic heterocycles. The van der Waals surface area contributed by atoms with Crippen LogP contribution in [0.15, 0.2) is 0 Å². The maximum Gasteiger partial charge on any atom is 0.192 e. The second kappa shape index (κ2) is 9.80. The molecule has 0 radical (unpaired) electrons. The zero-order valence-electron chi connectivity index (χ0n) is 29.7. The zero-order chi connectivity index (χ0) is 30.9. The Balaban J connectivity index is 1.45. The summed E-state index contributed by atoms with van der Waals surface area (Å²) in [5.74, 6) is 3.51. The molecule has 3 nitrogen and oxygen atoms in total. The van der Waals surface area contributed by atoms with E-state index in [4.69, 9.17) is 9.16 Å². The molecule has 6 fully saturated rings. The van der Waals surface area contributed by atoms with E-state index in [-0.39, 0.29) is 34.6 Å². The molecule has 4 heteroatoms. The molecule has 0 amide bonds. The van der Waals surface area contributed by atoms with Crippen molar-refractivity contribution < 1.29 is 14.3 Å². The van der Waals surface area contributed by atoms with E-state index in [0.29, 0.717) is 28.1 Å². The molecule has 5 aliphatic carbocycles. The van der Waals surface area contributed by atoms with E-state index in [0.717, 1.165) is 24.2 Å². The lowest BCUT2D eigenvalue weighted by atomic mass is 9.41. The lowest BCUT2D eigenvalue weighted by Gasteiger charge is -2.64. The van der Waals surface area contributed by atoms with E-state index in [9.17, 15) is 5.11 Å². The molecule has 42 heavy (non-hydrogen) atoms. The third kappa shape index (κ3) is 3.85. The van der Waals surface area contributed by atoms with Crippen LogP contribution in [-0.2, 0) is 9.16 Å². The Morgan fingerprint density at radius 2 is 1.48 bits per heavy atom. The smallest absolute Gasteiger partial charge is 0.192 e. The van der Waals surface area contributed by atoms with Crippen molar-refractivity contribution in [1.82, 2.24) is 0 Å². The van der Waals surface area contributed by atoms with E-state index >= 15 is 0 Å². The van der Waals surface area contributed by atoms with Crippen LogP contribution in [0.3, 0.4) is 0 Å². The van der Waals surface area contributed by atoms with E-state index in [2.05, 4.69) is 83.1 Å². The lowest BCUT2D eigenvalue weighted by molar-refractivity contribution is -0.186. The van der Waals surface area contributed by atoms with E-state index in [1.165, 1.54) is 63.1 Å². The van der Waals surface area contributed by atoms with Gasteiger partial charge >= 0.3 is 0 Å². The van der Waals surface area contributed by atoms with E-state index in [1.54, 1.807) is 0 Å². The van der Waals surface area contributed by atoms with Gasteiger partial charge in [0.05, 0.1) is 24.4 Å². The summed E-state index contributed by atoms with van der Waals surface area (Å²) >= 11 is 0. The van der Waals surface area contributed by atoms with Gasteiger partial charge in [0, 0.05) is 5.41 Å². The largest absolute Gasteiger partial charge is 0.411 e. The average Bonchev–Trinajstić information content (AvgIpc) is 3.56. The van der Waals surface area contributed by atoms with Gasteiger partial charge < -0.3 is 14.3 Å². The van der Waals surface area contributed by atoms with Crippen LogP contribution in [0.1, 0.15) is 134 Å². The van der Waals surface area contributed by atoms with Gasteiger partial charge in [-0.3, -0.25) is 0 Å². The summed E-state index contributed by atoms with van der Waals surface area (Å²) in [7, 11) is -1.90. The highest BCUT2D eigenvalue weighted by atomic mass is 28.4. The second-order valence-corrected chi connectivity index (χ2v) is 23.8. The molecule has 13 atom stereocenters. The van der Waals surface area contributed by atoms with Crippen molar-refractivity contribution in [1.29, 1.82) is 0 Å². The Kier molecular flexibility index (Phi) is 7.48. The molecule has 1 saturated heterocycles. The maximum absolute atomic E-state index is 11.6. The monoisotopic (exact) mass is 600 g/mol. The Bertz CT molecular complexity index is 1040. The van der Waals surface area contributed by atoms with Gasteiger partial charge in [-0.15, -0.1) is 0 Å². The molecule has 6 aliphatic rings. The summed E-state index contributed by atoms with van der Waals surface area (Å²) in [5.41, 5.74) is 1.69. The van der Waals surface area contributed by atoms with Gasteiger partial charge in [0.2, 0.25) is 0 Å². The first-order valence-corrected chi connectivity index (χ1v) is 21.0. The Morgan fingerprint density at radius 1 is 0.881 bits per heavy atom. The topological polar surface area (TPSA) is 38.7 Å². The molecular formula is C38H68O3Si. The van der Waals surface area contributed by atoms with Crippen LogP contribution in [0.25, 0.3) is 0 Å². The van der Waals surface area contributed by atoms with Crippen LogP contribution in [-0.4, -0.2) is 37.8 Å². The highest BCUT2D eigenvalue weighted by Gasteiger charge is 2.84. The minimum Gasteiger partial charge on any atom is -0.411 e. The van der Waals surface area contributed by atoms with Crippen LogP contribution >= 0.6 is 0 Å². The van der Waals surface area contributed by atoms with Gasteiger partial charge in [0.1, 0.15) is 0 Å². The Labute approximate surface area is 261 Å². The number of aliphatic hydroxyl groups excluding tert-OH is 1. The number of fused-ring (bicyclic) bond motifs is 4. The number of ether oxygens (including phenoxy) is 1. The molecule has 5 saturated carbocycles. The molecule has 0 bridgehead atoms. The number of aliphatic hydroxyl groups is 1. The van der Waals surface area contributed by atoms with Gasteiger partial charge in [0.15, 0.2) is 8.32 Å². The molecule has 4 unspecified atom stereocenters. The van der Waals surface area contributed by atoms with Gasteiger partial charge in [0.25, 0.3) is 0 Å². The summed E-state index contributed by atoms with van der Waals surface area (Å²) in [6.07, 6.45) is 10.6. The quantitative estimate of drug-likeness (QED) is 0.308. The summed E-state index contributed by atoms with van der Waals surface area (Å²) in [6, 6.07) is 3.58. The third-order valence-electron chi connectivity index (χ3n) is 16.9. The van der Waals surface area contributed by atoms with Crippen molar-refractivity contribution >= 4 is 8.32 Å². The average molecular weight is 601 g/mol. The molecule has 1 heterocycles. The van der Waals surface area contributed by atoms with Crippen molar-refractivity contribution in [3.63, 3.8) is 0 Å². The number of hydrogen-bond donors (Lipinski definition) is 1. The Morgan fingerprint density at radius 3 is 2.07 bits per heavy atom. The summed E-state index contributed by atoms with van der Waals surface area (Å²) in [4.78, 5) is 0. The predicted octanol–water partition coefficient (Wildman–Crippen LogP) is 9.87. The SMILES string of the molecule is CC[Si](CC)(CC)O[C@H]1C2OC([C@H](O)C(C)(C)C)C[C@@H](C)C2[C@@]2(C)CC[C@@]34CC35CC[C@H](C)C(C)(C)[C@@H]5CC[C@H]4[C@]12C. The van der Waals surface area contributed by atoms with Crippen molar-refractivity contribution in [2.24, 2.45) is 62.1 Å². The molecule has 6 rings (SSSR count). The van der Waals surface area contributed by atoms with Crippen molar-refractivity contribution in [2.75, 3.05) is 0 Å². The standard InChI is InChI=1S/C38H68O3Si/c1-13-42(14-2,15-3)41-32-30-29(24(4)22-26(40-30)31(39)33(6,7)8)35(11)20-21-38-23-37(38)19-18-25(5)34(9,10)27(37)16-17-28(38)36(32,35)12/h24-32,39H,13-23H2,1-12H3/t24-,25+,26?,27+,28+,29?,30?,31+,32+,35-,36-,37?,38+/m1/s1. The van der Waals surface area contributed by atoms with Crippen LogP contribution in [0.2, 0.25) is 18.1 Å². The molecule has 0 aromatic rings. The lowest BCUT2D eigenvalue weighted by Crippen LogP contribution is -2.60. The third-order valence-corrected chi connectivity index (χ3v) is 21.5. The summed E-state index contributed by atoms with van der Waals surface area (Å²) in [6.45, 7) is 29.5. The first-order valence-electron chi connectivity index (χ1n) is 18.5. The van der Waals surface area contributed by atoms with E-state index in [1.807, 2.05) is 0 Å². The molecule has 242 valence electrons. The van der Waals surface area contributed by atoms with Crippen LogP contribution in [0.5, 0.6) is 0 Å². The normalized spacial score (nSPS) is 51.9. The molecular weight excluding hydrogens is 533 g/mol. The van der Waals surface area contributed by atoms with Gasteiger partial charge in [-0.05, 0) is 126 Å². The first-order chi connectivity index (χ1) is 19.4. The maximum atomic E-state index is 11.6. The van der Waals surface area contributed by atoms with E-state index < -0.39 is 14.4 Å². The molecule has 0 aromatic heterocycles. The summed E-state index contributed by atoms with van der Waals surface area (Å²) in [5, 5.41) is 11.6. The zero-order valence-corrected chi connectivity index (χ0v) is 30.7. The number of rotatable bonds is 6. The Hall–Kier alpha value is 0.0969. The molecule has 0 aromatic carbocycles. The fourth-order valence-electron chi connectivity index (χ4n) is 13.7. The van der Waals surface area contributed by atoms with Crippen LogP contribution < -0.4 is 0 Å². The van der Waals surface area contributed by atoms with Crippen LogP contribution in [0.4, 0.5) is 0 Å². The van der Waals surface area contributed by atoms with Crippen molar-refractivity contribution in [3.05, 3.63) is 0 Å². The second-order valence-electron chi connectivity index (χ2n) is 19.1. The summed E-state index contributed by atoms with van der Waals surface area (Å²) < 4.78 is 15.2. The highest BCUT2D eigenvalue weighted by Crippen LogP contribution is 2.89. The van der Waals surface area contributed by atoms with Gasteiger partial charge in [-0.25, -0.2) is 0 Å². The van der Waals surface area contributed by atoms with Crippen LogP contribution in [0, 0.1) is 62.1 Å². The first kappa shape index (κ1) is 32.1. The predicted molar refractivity (Wildman–Crippen MR) is 177 cm³/mol. The minimum atomic E-state index is -1.90. The molecule has 2 spiro atoms. The minimum absolute atomic E-state index is 0.0988. The van der Waals surface area contributed by atoms with Gasteiger partial charge in [-0.1, -0.05) is 83.1 Å². The highest BCUT2D eigenvalue weighted by molar-refractivity contribution is 6.73. The van der Waals surface area contributed by atoms with Gasteiger partial charge in [-0.2, -0.15) is 0 Å². The molecule has 1 N–H and O–H groups in total.